The van der Waals surface area contributed by atoms with Crippen LogP contribution >= 0.6 is 0 Å². The molecule has 2 aromatic carbocycles. The second-order valence-electron chi connectivity index (χ2n) is 9.89. The lowest BCUT2D eigenvalue weighted by atomic mass is 9.96. The number of sulfonamides is 1. The van der Waals surface area contributed by atoms with Crippen molar-refractivity contribution in [1.82, 2.24) is 19.3 Å². The van der Waals surface area contributed by atoms with Crippen molar-refractivity contribution in [3.05, 3.63) is 53.9 Å². The molecule has 0 spiro atoms. The summed E-state index contributed by atoms with van der Waals surface area (Å²) in [5.74, 6) is 1.21. The van der Waals surface area contributed by atoms with E-state index >= 15 is 0 Å². The van der Waals surface area contributed by atoms with Crippen LogP contribution in [-0.4, -0.2) is 67.0 Å². The molecule has 0 aliphatic carbocycles. The first-order chi connectivity index (χ1) is 18.3. The van der Waals surface area contributed by atoms with E-state index in [0.717, 1.165) is 18.4 Å². The van der Waals surface area contributed by atoms with E-state index in [9.17, 15) is 13.2 Å². The number of carbonyl (C=O) groups is 1. The minimum absolute atomic E-state index is 0.141. The highest BCUT2D eigenvalue weighted by atomic mass is 32.2. The highest BCUT2D eigenvalue weighted by molar-refractivity contribution is 7.89. The van der Waals surface area contributed by atoms with E-state index < -0.39 is 10.0 Å². The summed E-state index contributed by atoms with van der Waals surface area (Å²) in [6.07, 6.45) is 3.05. The number of hydrogen-bond acceptors (Lipinski definition) is 8. The number of methoxy groups -OCH3 is 1. The number of nitrogens with one attached hydrogen (secondary N) is 1. The molecule has 2 aliphatic heterocycles. The molecular weight excluding hydrogens is 506 g/mol. The zero-order chi connectivity index (χ0) is 26.7. The van der Waals surface area contributed by atoms with Gasteiger partial charge in [-0.15, -0.1) is 0 Å². The van der Waals surface area contributed by atoms with Crippen LogP contribution in [0.1, 0.15) is 37.1 Å². The predicted octanol–water partition coefficient (Wildman–Crippen LogP) is 3.69. The highest BCUT2D eigenvalue weighted by Crippen LogP contribution is 2.31. The van der Waals surface area contributed by atoms with Crippen molar-refractivity contribution < 1.29 is 22.5 Å². The Kier molecular flexibility index (Phi) is 7.78. The maximum atomic E-state index is 13.1. The van der Waals surface area contributed by atoms with Crippen LogP contribution in [-0.2, 0) is 21.4 Å². The molecule has 2 aliphatic rings. The minimum atomic E-state index is -3.60. The Bertz CT molecular complexity index is 1380. The second kappa shape index (κ2) is 11.2. The standard InChI is InChI=1S/C27H33N5O5S/c1-19-5-7-20(8-6-19)26-29-25(37-30-26)18-31-15-11-21(12-16-31)27(33)28-23-17-22(9-10-24(23)36-2)38(34,35)32-13-3-4-14-32/h5-10,17,21H,3-4,11-16,18H2,1-2H3,(H,28,33). The molecule has 0 bridgehead atoms. The van der Waals surface area contributed by atoms with Gasteiger partial charge in [-0.3, -0.25) is 9.69 Å². The fourth-order valence-corrected chi connectivity index (χ4v) is 6.48. The average molecular weight is 540 g/mol. The predicted molar refractivity (Wildman–Crippen MR) is 142 cm³/mol. The van der Waals surface area contributed by atoms with Crippen LogP contribution in [0, 0.1) is 12.8 Å². The largest absolute Gasteiger partial charge is 0.495 e. The number of aryl methyl sites for hydroxylation is 1. The van der Waals surface area contributed by atoms with Crippen LogP contribution < -0.4 is 10.1 Å². The summed E-state index contributed by atoms with van der Waals surface area (Å²) < 4.78 is 38.4. The normalized spacial score (nSPS) is 17.5. The highest BCUT2D eigenvalue weighted by Gasteiger charge is 2.30. The number of piperidine rings is 1. The van der Waals surface area contributed by atoms with E-state index in [4.69, 9.17) is 9.26 Å². The third kappa shape index (κ3) is 5.74. The summed E-state index contributed by atoms with van der Waals surface area (Å²) in [5.41, 5.74) is 2.45. The molecule has 0 atom stereocenters. The molecule has 1 amide bonds. The molecule has 0 unspecified atom stereocenters. The molecule has 202 valence electrons. The SMILES string of the molecule is COc1ccc(S(=O)(=O)N2CCCC2)cc1NC(=O)C1CCN(Cc2nc(-c3ccc(C)cc3)no2)CC1. The number of likely N-dealkylation sites (tertiary alicyclic amines) is 1. The Morgan fingerprint density at radius 1 is 1.08 bits per heavy atom. The van der Waals surface area contributed by atoms with Crippen LogP contribution in [0.5, 0.6) is 5.75 Å². The summed E-state index contributed by atoms with van der Waals surface area (Å²) >= 11 is 0. The maximum absolute atomic E-state index is 13.1. The van der Waals surface area contributed by atoms with Crippen molar-refractivity contribution in [3.8, 4) is 17.1 Å². The van der Waals surface area contributed by atoms with Crippen molar-refractivity contribution in [2.24, 2.45) is 5.92 Å². The molecule has 38 heavy (non-hydrogen) atoms. The smallest absolute Gasteiger partial charge is 0.243 e. The number of anilines is 1. The lowest BCUT2D eigenvalue weighted by Crippen LogP contribution is -2.37. The van der Waals surface area contributed by atoms with Gasteiger partial charge in [0.05, 0.1) is 24.2 Å². The molecule has 5 rings (SSSR count). The molecule has 11 heteroatoms. The Morgan fingerprint density at radius 2 is 1.79 bits per heavy atom. The first-order valence-corrected chi connectivity index (χ1v) is 14.4. The number of aromatic nitrogens is 2. The molecule has 1 aromatic heterocycles. The Balaban J connectivity index is 1.18. The number of ether oxygens (including phenoxy) is 1. The van der Waals surface area contributed by atoms with E-state index in [1.807, 2.05) is 31.2 Å². The van der Waals surface area contributed by atoms with Gasteiger partial charge in [0.25, 0.3) is 0 Å². The van der Waals surface area contributed by atoms with Gasteiger partial charge in [-0.25, -0.2) is 8.42 Å². The molecule has 3 heterocycles. The molecular formula is C27H33N5O5S. The minimum Gasteiger partial charge on any atom is -0.495 e. The lowest BCUT2D eigenvalue weighted by molar-refractivity contribution is -0.121. The van der Waals surface area contributed by atoms with E-state index in [1.165, 1.54) is 29.1 Å². The van der Waals surface area contributed by atoms with Gasteiger partial charge in [0, 0.05) is 24.6 Å². The third-order valence-electron chi connectivity index (χ3n) is 7.23. The maximum Gasteiger partial charge on any atom is 0.243 e. The van der Waals surface area contributed by atoms with Gasteiger partial charge in [0.2, 0.25) is 27.6 Å². The Labute approximate surface area is 223 Å². The number of amides is 1. The Morgan fingerprint density at radius 3 is 2.47 bits per heavy atom. The second-order valence-corrected chi connectivity index (χ2v) is 11.8. The van der Waals surface area contributed by atoms with E-state index in [2.05, 4.69) is 20.4 Å². The van der Waals surface area contributed by atoms with Gasteiger partial charge >= 0.3 is 0 Å². The quantitative estimate of drug-likeness (QED) is 0.461. The van der Waals surface area contributed by atoms with Crippen molar-refractivity contribution in [2.75, 3.05) is 38.6 Å². The fourth-order valence-electron chi connectivity index (χ4n) is 4.94. The molecule has 2 fully saturated rings. The van der Waals surface area contributed by atoms with E-state index in [1.54, 1.807) is 6.07 Å². The van der Waals surface area contributed by atoms with Crippen molar-refractivity contribution in [3.63, 3.8) is 0 Å². The summed E-state index contributed by atoms with van der Waals surface area (Å²) in [5, 5.41) is 7.02. The zero-order valence-electron chi connectivity index (χ0n) is 21.7. The first-order valence-electron chi connectivity index (χ1n) is 12.9. The summed E-state index contributed by atoms with van der Waals surface area (Å²) in [4.78, 5) is 20.0. The van der Waals surface area contributed by atoms with Crippen LogP contribution in [0.3, 0.4) is 0 Å². The number of carbonyl (C=O) groups excluding carboxylic acids is 1. The van der Waals surface area contributed by atoms with Crippen LogP contribution in [0.25, 0.3) is 11.4 Å². The first kappa shape index (κ1) is 26.3. The number of rotatable bonds is 8. The number of benzene rings is 2. The van der Waals surface area contributed by atoms with Crippen LogP contribution in [0.4, 0.5) is 5.69 Å². The zero-order valence-corrected chi connectivity index (χ0v) is 22.5. The Hall–Kier alpha value is -3.28. The summed E-state index contributed by atoms with van der Waals surface area (Å²) in [7, 11) is -2.10. The monoisotopic (exact) mass is 539 g/mol. The van der Waals surface area contributed by atoms with Crippen LogP contribution in [0.2, 0.25) is 0 Å². The van der Waals surface area contributed by atoms with Gasteiger partial charge in [0.1, 0.15) is 5.75 Å². The molecule has 0 saturated carbocycles. The van der Waals surface area contributed by atoms with Gasteiger partial charge in [-0.2, -0.15) is 9.29 Å². The van der Waals surface area contributed by atoms with Crippen LogP contribution in [0.15, 0.2) is 51.9 Å². The van der Waals surface area contributed by atoms with Gasteiger partial charge in [-0.05, 0) is 63.9 Å². The van der Waals surface area contributed by atoms with Crippen molar-refractivity contribution in [2.45, 2.75) is 44.0 Å². The molecule has 10 nitrogen and oxygen atoms in total. The van der Waals surface area contributed by atoms with Crippen molar-refractivity contribution >= 4 is 21.6 Å². The summed E-state index contributed by atoms with van der Waals surface area (Å²) in [6.45, 7) is 5.01. The molecule has 2 saturated heterocycles. The van der Waals surface area contributed by atoms with Gasteiger partial charge in [0.15, 0.2) is 0 Å². The fraction of sp³-hybridized carbons (Fsp3) is 0.444. The number of nitrogens with zero attached hydrogens (tertiary/aromatic N) is 4. The molecule has 0 radical (unpaired) electrons. The van der Waals surface area contributed by atoms with Gasteiger partial charge < -0.3 is 14.6 Å². The topological polar surface area (TPSA) is 118 Å². The summed E-state index contributed by atoms with van der Waals surface area (Å²) in [6, 6.07) is 12.6. The average Bonchev–Trinajstić information content (AvgIpc) is 3.63. The third-order valence-corrected chi connectivity index (χ3v) is 9.12. The lowest BCUT2D eigenvalue weighted by Gasteiger charge is -2.30. The van der Waals surface area contributed by atoms with Gasteiger partial charge in [-0.1, -0.05) is 35.0 Å². The van der Waals surface area contributed by atoms with E-state index in [-0.39, 0.29) is 16.7 Å². The van der Waals surface area contributed by atoms with E-state index in [0.29, 0.717) is 68.7 Å². The number of hydrogen-bond donors (Lipinski definition) is 1. The molecule has 3 aromatic rings. The molecule has 1 N–H and O–H groups in total. The van der Waals surface area contributed by atoms with Crippen molar-refractivity contribution in [1.29, 1.82) is 0 Å².